The van der Waals surface area contributed by atoms with Crippen molar-refractivity contribution >= 4 is 5.82 Å². The lowest BCUT2D eigenvalue weighted by Crippen LogP contribution is -2.30. The van der Waals surface area contributed by atoms with Crippen LogP contribution in [0.2, 0.25) is 0 Å². The number of rotatable bonds is 4. The lowest BCUT2D eigenvalue weighted by Gasteiger charge is -2.23. The Morgan fingerprint density at radius 3 is 2.95 bits per heavy atom. The van der Waals surface area contributed by atoms with Gasteiger partial charge in [-0.1, -0.05) is 0 Å². The third-order valence-electron chi connectivity index (χ3n) is 4.13. The minimum absolute atomic E-state index is 0.148. The van der Waals surface area contributed by atoms with Crippen molar-refractivity contribution < 1.29 is 4.39 Å². The van der Waals surface area contributed by atoms with Crippen LogP contribution in [0.25, 0.3) is 0 Å². The van der Waals surface area contributed by atoms with Gasteiger partial charge in [-0.15, -0.1) is 0 Å². The Hall–Kier alpha value is -1.20. The molecule has 5 heteroatoms. The molecule has 1 aromatic heterocycles. The summed E-state index contributed by atoms with van der Waals surface area (Å²) in [6, 6.07) is 2.39. The Bertz CT molecular complexity index is 461. The van der Waals surface area contributed by atoms with Gasteiger partial charge in [-0.25, -0.2) is 9.37 Å². The monoisotopic (exact) mass is 278 g/mol. The van der Waals surface area contributed by atoms with E-state index in [4.69, 9.17) is 0 Å². The molecule has 1 saturated heterocycles. The Kier molecular flexibility index (Phi) is 4.17. The normalized spacial score (nSPS) is 21.0. The molecule has 0 aromatic carbocycles. The number of pyridine rings is 1. The van der Waals surface area contributed by atoms with Crippen LogP contribution in [0.4, 0.5) is 10.2 Å². The number of aromatic nitrogens is 1. The van der Waals surface area contributed by atoms with Crippen LogP contribution < -0.4 is 10.2 Å². The Labute approximate surface area is 120 Å². The topological polar surface area (TPSA) is 31.4 Å². The van der Waals surface area contributed by atoms with Crippen LogP contribution in [-0.4, -0.2) is 49.2 Å². The summed E-state index contributed by atoms with van der Waals surface area (Å²) in [6.07, 6.45) is 5.23. The predicted octanol–water partition coefficient (Wildman–Crippen LogP) is 1.61. The number of likely N-dealkylation sites (N-methyl/N-ethyl adjacent to an activating group) is 1. The van der Waals surface area contributed by atoms with Crippen molar-refractivity contribution in [2.24, 2.45) is 0 Å². The molecule has 0 radical (unpaired) electrons. The summed E-state index contributed by atoms with van der Waals surface area (Å²) in [5, 5.41) is 3.37. The SMILES string of the molecule is CN1CCCN(c2nccc(CNC3CC3)c2F)CC1. The fraction of sp³-hybridized carbons (Fsp3) is 0.667. The molecule has 0 atom stereocenters. The molecule has 1 aliphatic carbocycles. The van der Waals surface area contributed by atoms with Gasteiger partial charge in [0, 0.05) is 44.0 Å². The van der Waals surface area contributed by atoms with Crippen molar-refractivity contribution in [3.63, 3.8) is 0 Å². The molecule has 4 nitrogen and oxygen atoms in total. The van der Waals surface area contributed by atoms with E-state index in [0.29, 0.717) is 18.4 Å². The first-order valence-electron chi connectivity index (χ1n) is 7.54. The van der Waals surface area contributed by atoms with E-state index in [2.05, 4.69) is 27.1 Å². The van der Waals surface area contributed by atoms with E-state index in [9.17, 15) is 4.39 Å². The van der Waals surface area contributed by atoms with Gasteiger partial charge >= 0.3 is 0 Å². The molecule has 0 spiro atoms. The molecule has 0 unspecified atom stereocenters. The zero-order chi connectivity index (χ0) is 13.9. The summed E-state index contributed by atoms with van der Waals surface area (Å²) in [5.41, 5.74) is 0.736. The maximum Gasteiger partial charge on any atom is 0.170 e. The molecule has 20 heavy (non-hydrogen) atoms. The summed E-state index contributed by atoms with van der Waals surface area (Å²) < 4.78 is 14.6. The minimum Gasteiger partial charge on any atom is -0.353 e. The van der Waals surface area contributed by atoms with Crippen molar-refractivity contribution in [3.8, 4) is 0 Å². The van der Waals surface area contributed by atoms with Gasteiger partial charge in [0.05, 0.1) is 0 Å². The Morgan fingerprint density at radius 2 is 2.15 bits per heavy atom. The first-order chi connectivity index (χ1) is 9.74. The molecule has 0 bridgehead atoms. The average Bonchev–Trinajstić information content (AvgIpc) is 3.26. The van der Waals surface area contributed by atoms with E-state index in [1.807, 2.05) is 0 Å². The second-order valence-electron chi connectivity index (χ2n) is 5.91. The van der Waals surface area contributed by atoms with Crippen LogP contribution >= 0.6 is 0 Å². The van der Waals surface area contributed by atoms with Gasteiger partial charge in [-0.05, 0) is 38.9 Å². The van der Waals surface area contributed by atoms with Crippen molar-refractivity contribution in [2.45, 2.75) is 31.8 Å². The molecule has 110 valence electrons. The third kappa shape index (κ3) is 3.27. The average molecular weight is 278 g/mol. The Balaban J connectivity index is 1.72. The highest BCUT2D eigenvalue weighted by atomic mass is 19.1. The van der Waals surface area contributed by atoms with Crippen LogP contribution in [0.5, 0.6) is 0 Å². The lowest BCUT2D eigenvalue weighted by molar-refractivity contribution is 0.360. The van der Waals surface area contributed by atoms with Crippen molar-refractivity contribution in [3.05, 3.63) is 23.6 Å². The fourth-order valence-electron chi connectivity index (χ4n) is 2.63. The highest BCUT2D eigenvalue weighted by Crippen LogP contribution is 2.23. The quantitative estimate of drug-likeness (QED) is 0.907. The van der Waals surface area contributed by atoms with Gasteiger partial charge in [0.2, 0.25) is 0 Å². The number of nitrogens with zero attached hydrogens (tertiary/aromatic N) is 3. The molecule has 2 aliphatic rings. The molecule has 2 heterocycles. The maximum absolute atomic E-state index is 14.6. The number of hydrogen-bond acceptors (Lipinski definition) is 4. The number of hydrogen-bond donors (Lipinski definition) is 1. The van der Waals surface area contributed by atoms with Crippen molar-refractivity contribution in [1.82, 2.24) is 15.2 Å². The molecule has 1 aliphatic heterocycles. The van der Waals surface area contributed by atoms with Crippen molar-refractivity contribution in [2.75, 3.05) is 38.1 Å². The van der Waals surface area contributed by atoms with Crippen LogP contribution in [0.15, 0.2) is 12.3 Å². The minimum atomic E-state index is -0.148. The summed E-state index contributed by atoms with van der Waals surface area (Å²) in [5.74, 6) is 0.376. The largest absolute Gasteiger partial charge is 0.353 e. The number of nitrogens with one attached hydrogen (secondary N) is 1. The standard InChI is InChI=1S/C15H23FN4/c1-19-7-2-8-20(10-9-19)15-14(16)12(5-6-17-15)11-18-13-3-4-13/h5-6,13,18H,2-4,7-11H2,1H3. The summed E-state index contributed by atoms with van der Waals surface area (Å²) in [4.78, 5) is 8.65. The molecule has 3 rings (SSSR count). The van der Waals surface area contributed by atoms with E-state index < -0.39 is 0 Å². The molecule has 1 aromatic rings. The van der Waals surface area contributed by atoms with Gasteiger partial charge in [-0.2, -0.15) is 0 Å². The van der Waals surface area contributed by atoms with Gasteiger partial charge in [-0.3, -0.25) is 0 Å². The molecular formula is C15H23FN4. The van der Waals surface area contributed by atoms with Gasteiger partial charge in [0.25, 0.3) is 0 Å². The van der Waals surface area contributed by atoms with Crippen molar-refractivity contribution in [1.29, 1.82) is 0 Å². The van der Waals surface area contributed by atoms with Crippen LogP contribution in [0.1, 0.15) is 24.8 Å². The summed E-state index contributed by atoms with van der Waals surface area (Å²) >= 11 is 0. The zero-order valence-corrected chi connectivity index (χ0v) is 12.1. The van der Waals surface area contributed by atoms with E-state index in [1.165, 1.54) is 12.8 Å². The maximum atomic E-state index is 14.6. The zero-order valence-electron chi connectivity index (χ0n) is 12.1. The van der Waals surface area contributed by atoms with Crippen LogP contribution in [0.3, 0.4) is 0 Å². The van der Waals surface area contributed by atoms with Crippen LogP contribution in [0, 0.1) is 5.82 Å². The Morgan fingerprint density at radius 1 is 1.30 bits per heavy atom. The first-order valence-corrected chi connectivity index (χ1v) is 7.54. The molecule has 0 amide bonds. The second-order valence-corrected chi connectivity index (χ2v) is 5.91. The number of anilines is 1. The smallest absolute Gasteiger partial charge is 0.170 e. The first kappa shape index (κ1) is 13.8. The predicted molar refractivity (Wildman–Crippen MR) is 78.4 cm³/mol. The fourth-order valence-corrected chi connectivity index (χ4v) is 2.63. The number of halogens is 1. The van der Waals surface area contributed by atoms with E-state index in [0.717, 1.165) is 38.2 Å². The van der Waals surface area contributed by atoms with E-state index in [-0.39, 0.29) is 5.82 Å². The molecule has 1 saturated carbocycles. The van der Waals surface area contributed by atoms with E-state index >= 15 is 0 Å². The second kappa shape index (κ2) is 6.06. The third-order valence-corrected chi connectivity index (χ3v) is 4.13. The molecule has 2 fully saturated rings. The van der Waals surface area contributed by atoms with Gasteiger partial charge in [0.15, 0.2) is 11.6 Å². The molecular weight excluding hydrogens is 255 g/mol. The lowest BCUT2D eigenvalue weighted by atomic mass is 10.2. The summed E-state index contributed by atoms with van der Waals surface area (Å²) in [6.45, 7) is 4.38. The highest BCUT2D eigenvalue weighted by Gasteiger charge is 2.22. The van der Waals surface area contributed by atoms with E-state index in [1.54, 1.807) is 12.3 Å². The van der Waals surface area contributed by atoms with Gasteiger partial charge in [0.1, 0.15) is 0 Å². The van der Waals surface area contributed by atoms with Gasteiger partial charge < -0.3 is 15.1 Å². The highest BCUT2D eigenvalue weighted by molar-refractivity contribution is 5.43. The summed E-state index contributed by atoms with van der Waals surface area (Å²) in [7, 11) is 2.11. The van der Waals surface area contributed by atoms with Crippen LogP contribution in [-0.2, 0) is 6.54 Å². The molecule has 1 N–H and O–H groups in total.